The molecule has 0 bridgehead atoms. The number of hydrogen-bond donors (Lipinski definition) is 5. The summed E-state index contributed by atoms with van der Waals surface area (Å²) in [5.74, 6) is -0.291. The highest BCUT2D eigenvalue weighted by Crippen LogP contribution is 2.17. The minimum absolute atomic E-state index is 0.0242. The Morgan fingerprint density at radius 2 is 2.14 bits per heavy atom. The third-order valence-corrected chi connectivity index (χ3v) is 3.20. The molecule has 21 heavy (non-hydrogen) atoms. The summed E-state index contributed by atoms with van der Waals surface area (Å²) >= 11 is 5.74. The van der Waals surface area contributed by atoms with E-state index in [9.17, 15) is 4.79 Å². The van der Waals surface area contributed by atoms with Crippen molar-refractivity contribution >= 4 is 35.1 Å². The highest BCUT2D eigenvalue weighted by molar-refractivity contribution is 6.31. The Balaban J connectivity index is 1.98. The van der Waals surface area contributed by atoms with E-state index in [1.165, 1.54) is 0 Å². The number of anilines is 2. The summed E-state index contributed by atoms with van der Waals surface area (Å²) < 4.78 is 0. The number of carbonyl (C=O) groups is 1. The number of nitrogens with one attached hydrogen (secondary N) is 2. The highest BCUT2D eigenvalue weighted by Gasteiger charge is 2.21. The Labute approximate surface area is 126 Å². The molecule has 1 aliphatic heterocycles. The molecule has 0 radical (unpaired) electrons. The average Bonchev–Trinajstić information content (AvgIpc) is 2.88. The van der Waals surface area contributed by atoms with E-state index in [0.717, 1.165) is 12.8 Å². The van der Waals surface area contributed by atoms with Gasteiger partial charge in [-0.1, -0.05) is 11.6 Å². The summed E-state index contributed by atoms with van der Waals surface area (Å²) in [6, 6.07) is 0.169. The van der Waals surface area contributed by atoms with E-state index in [-0.39, 0.29) is 28.5 Å². The molecule has 0 aliphatic carbocycles. The number of guanidine groups is 1. The molecular formula is C11H17ClN8O. The normalized spacial score (nSPS) is 17.2. The molecular weight excluding hydrogens is 296 g/mol. The molecule has 8 N–H and O–H groups in total. The van der Waals surface area contributed by atoms with Crippen molar-refractivity contribution in [1.82, 2.24) is 20.6 Å². The summed E-state index contributed by atoms with van der Waals surface area (Å²) in [5.41, 5.74) is 16.4. The van der Waals surface area contributed by atoms with Crippen molar-refractivity contribution in [2.75, 3.05) is 24.6 Å². The Kier molecular flexibility index (Phi) is 4.76. The second-order valence-corrected chi connectivity index (χ2v) is 4.91. The van der Waals surface area contributed by atoms with Crippen molar-refractivity contribution in [1.29, 1.82) is 0 Å². The maximum Gasteiger partial charge on any atom is 0.280 e. The molecule has 1 aliphatic rings. The maximum absolute atomic E-state index is 12.1. The first kappa shape index (κ1) is 15.3. The van der Waals surface area contributed by atoms with Crippen LogP contribution in [0.5, 0.6) is 0 Å². The fourth-order valence-corrected chi connectivity index (χ4v) is 1.99. The quantitative estimate of drug-likeness (QED) is 0.481. The predicted molar refractivity (Wildman–Crippen MR) is 80.8 cm³/mol. The zero-order valence-corrected chi connectivity index (χ0v) is 12.0. The van der Waals surface area contributed by atoms with Gasteiger partial charge in [-0.3, -0.25) is 15.1 Å². The Morgan fingerprint density at radius 1 is 1.38 bits per heavy atom. The summed E-state index contributed by atoms with van der Waals surface area (Å²) in [6.45, 7) is 1.20. The van der Waals surface area contributed by atoms with Gasteiger partial charge in [0.25, 0.3) is 5.91 Å². The Bertz CT molecular complexity index is 576. The lowest BCUT2D eigenvalue weighted by Crippen LogP contribution is -2.42. The summed E-state index contributed by atoms with van der Waals surface area (Å²) in [6.07, 6.45) is 1.77. The summed E-state index contributed by atoms with van der Waals surface area (Å²) in [5, 5.41) is 5.59. The van der Waals surface area contributed by atoms with E-state index in [0.29, 0.717) is 19.0 Å². The molecule has 9 nitrogen and oxygen atoms in total. The molecule has 1 aromatic rings. The molecule has 1 aromatic heterocycles. The van der Waals surface area contributed by atoms with Gasteiger partial charge in [-0.15, -0.1) is 0 Å². The van der Waals surface area contributed by atoms with Crippen LogP contribution in [0.4, 0.5) is 11.6 Å². The highest BCUT2D eigenvalue weighted by atomic mass is 35.5. The van der Waals surface area contributed by atoms with Gasteiger partial charge >= 0.3 is 0 Å². The van der Waals surface area contributed by atoms with Crippen LogP contribution in [0, 0.1) is 0 Å². The van der Waals surface area contributed by atoms with Crippen LogP contribution in [0.3, 0.4) is 0 Å². The lowest BCUT2D eigenvalue weighted by atomic mass is 10.2. The van der Waals surface area contributed by atoms with E-state index in [4.69, 9.17) is 28.8 Å². The fourth-order valence-electron chi connectivity index (χ4n) is 1.86. The number of halogens is 1. The number of nitrogens with two attached hydrogens (primary N) is 3. The largest absolute Gasteiger partial charge is 0.382 e. The van der Waals surface area contributed by atoms with Crippen molar-refractivity contribution < 1.29 is 4.79 Å². The minimum atomic E-state index is -0.548. The molecule has 114 valence electrons. The van der Waals surface area contributed by atoms with Gasteiger partial charge in [-0.2, -0.15) is 0 Å². The number of nitrogen functional groups attached to an aromatic ring is 2. The first-order valence-electron chi connectivity index (χ1n) is 6.42. The van der Waals surface area contributed by atoms with Gasteiger partial charge in [0.2, 0.25) is 0 Å². The van der Waals surface area contributed by atoms with E-state index >= 15 is 0 Å². The van der Waals surface area contributed by atoms with Gasteiger partial charge in [-0.25, -0.2) is 9.97 Å². The van der Waals surface area contributed by atoms with Crippen LogP contribution >= 0.6 is 11.6 Å². The molecule has 2 rings (SSSR count). The molecule has 0 spiro atoms. The maximum atomic E-state index is 12.1. The number of carbonyl (C=O) groups excluding carboxylic acids is 1. The van der Waals surface area contributed by atoms with E-state index in [1.54, 1.807) is 0 Å². The number of nitrogens with zero attached hydrogens (tertiary/aromatic N) is 3. The summed E-state index contributed by atoms with van der Waals surface area (Å²) in [4.78, 5) is 23.8. The van der Waals surface area contributed by atoms with Crippen molar-refractivity contribution in [3.05, 3.63) is 10.8 Å². The lowest BCUT2D eigenvalue weighted by Gasteiger charge is -2.12. The van der Waals surface area contributed by atoms with Gasteiger partial charge < -0.3 is 22.5 Å². The van der Waals surface area contributed by atoms with Crippen LogP contribution in [-0.2, 0) is 0 Å². The molecule has 1 unspecified atom stereocenters. The van der Waals surface area contributed by atoms with Crippen LogP contribution in [-0.4, -0.2) is 41.0 Å². The molecule has 0 saturated carbocycles. The topological polar surface area (TPSA) is 157 Å². The first-order valence-corrected chi connectivity index (χ1v) is 6.80. The number of hydrogen-bond acceptors (Lipinski definition) is 8. The molecule has 0 fully saturated rings. The van der Waals surface area contributed by atoms with Gasteiger partial charge in [0.05, 0.1) is 6.54 Å². The van der Waals surface area contributed by atoms with E-state index in [1.807, 2.05) is 0 Å². The Morgan fingerprint density at radius 3 is 2.86 bits per heavy atom. The van der Waals surface area contributed by atoms with Gasteiger partial charge in [0.1, 0.15) is 0 Å². The van der Waals surface area contributed by atoms with Crippen LogP contribution < -0.4 is 27.8 Å². The third-order valence-electron chi connectivity index (χ3n) is 2.92. The summed E-state index contributed by atoms with van der Waals surface area (Å²) in [7, 11) is 0. The number of aliphatic imine (C=N–C) groups is 1. The van der Waals surface area contributed by atoms with Crippen LogP contribution in [0.15, 0.2) is 4.99 Å². The second kappa shape index (κ2) is 6.55. The predicted octanol–water partition coefficient (Wildman–Crippen LogP) is -0.909. The van der Waals surface area contributed by atoms with E-state index < -0.39 is 5.91 Å². The fraction of sp³-hybridized carbons (Fsp3) is 0.455. The molecule has 0 saturated heterocycles. The average molecular weight is 313 g/mol. The zero-order valence-electron chi connectivity index (χ0n) is 11.3. The monoisotopic (exact) mass is 312 g/mol. The van der Waals surface area contributed by atoms with Gasteiger partial charge in [-0.05, 0) is 19.4 Å². The third kappa shape index (κ3) is 3.70. The molecule has 1 atom stereocenters. The van der Waals surface area contributed by atoms with Crippen molar-refractivity contribution in [3.8, 4) is 0 Å². The zero-order chi connectivity index (χ0) is 15.4. The minimum Gasteiger partial charge on any atom is -0.382 e. The van der Waals surface area contributed by atoms with Crippen LogP contribution in [0.25, 0.3) is 0 Å². The molecule has 0 aromatic carbocycles. The lowest BCUT2D eigenvalue weighted by molar-refractivity contribution is 0.0972. The number of aromatic nitrogens is 2. The standard InChI is InChI=1S/C11H17ClN8O/c12-7-9(15)19-8(14)6(18-7)10(21)20-11-16-4-5(17-11)2-1-3-13/h5H,1-4,13H2,(H4,14,15,19)(H2,16,17,20,21). The number of amides is 1. The first-order chi connectivity index (χ1) is 10.0. The van der Waals surface area contributed by atoms with Crippen molar-refractivity contribution in [3.63, 3.8) is 0 Å². The van der Waals surface area contributed by atoms with Crippen LogP contribution in [0.2, 0.25) is 5.15 Å². The molecule has 1 amide bonds. The van der Waals surface area contributed by atoms with Crippen LogP contribution in [0.1, 0.15) is 23.3 Å². The second-order valence-electron chi connectivity index (χ2n) is 4.55. The Hall–Kier alpha value is -2.13. The molecule has 2 heterocycles. The van der Waals surface area contributed by atoms with Gasteiger partial charge in [0, 0.05) is 6.04 Å². The number of rotatable bonds is 4. The molecule has 10 heteroatoms. The van der Waals surface area contributed by atoms with Crippen molar-refractivity contribution in [2.45, 2.75) is 18.9 Å². The van der Waals surface area contributed by atoms with E-state index in [2.05, 4.69) is 25.6 Å². The smallest absolute Gasteiger partial charge is 0.280 e. The SMILES string of the molecule is NCCCC1CN=C(NC(=O)c2nc(Cl)c(N)nc2N)N1. The van der Waals surface area contributed by atoms with Gasteiger partial charge in [0.15, 0.2) is 28.4 Å². The van der Waals surface area contributed by atoms with Crippen molar-refractivity contribution in [2.24, 2.45) is 10.7 Å².